The average molecular weight is 952 g/mol. The summed E-state index contributed by atoms with van der Waals surface area (Å²) in [7, 11) is 0. The fourth-order valence-electron chi connectivity index (χ4n) is 7.91. The average Bonchev–Trinajstić information content (AvgIpc) is 4.13. The van der Waals surface area contributed by atoms with Gasteiger partial charge in [-0.05, 0) is 50.6 Å². The van der Waals surface area contributed by atoms with E-state index in [9.17, 15) is 41.2 Å². The minimum absolute atomic E-state index is 0.0217. The minimum Gasteiger partial charge on any atom is -0.364 e. The first-order valence-electron chi connectivity index (χ1n) is 20.5. The Morgan fingerprint density at radius 1 is 1.00 bits per heavy atom. The zero-order valence-corrected chi connectivity index (χ0v) is 36.6. The SMILES string of the molecule is C[C@H](NC(=O)c1cc(F)c(N2CC(CC#N)(n3cc(-c4ncnc5[nH]ccc45)cn3)C2)cc1F)C(F)(F)F.Cc1csc2nc([C@H](C)Nc3ncnc4nc[nH]c34)c(-c3cccc(F)c3)c(=O)n12. The highest BCUT2D eigenvalue weighted by atomic mass is 32.1. The second-order valence-electron chi connectivity index (χ2n) is 15.9. The summed E-state index contributed by atoms with van der Waals surface area (Å²) in [6, 6.07) is 8.60. The molecular weight excluding hydrogens is 917 g/mol. The third-order valence-corrected chi connectivity index (χ3v) is 12.3. The Morgan fingerprint density at radius 3 is 2.56 bits per heavy atom. The number of rotatable bonds is 10. The molecule has 4 N–H and O–H groups in total. The first kappa shape index (κ1) is 45.0. The third kappa shape index (κ3) is 8.31. The second-order valence-corrected chi connectivity index (χ2v) is 16.8. The summed E-state index contributed by atoms with van der Waals surface area (Å²) < 4.78 is 84.9. The number of imidazole rings is 1. The van der Waals surface area contributed by atoms with E-state index in [0.29, 0.717) is 68.7 Å². The molecular formula is C44H35F6N15O2S. The van der Waals surface area contributed by atoms with Crippen LogP contribution >= 0.6 is 11.3 Å². The number of amides is 1. The lowest BCUT2D eigenvalue weighted by Gasteiger charge is -2.50. The number of H-pyrrole nitrogens is 2. The van der Waals surface area contributed by atoms with Crippen LogP contribution in [0.25, 0.3) is 49.5 Å². The normalized spacial score (nSPS) is 14.3. The van der Waals surface area contributed by atoms with Gasteiger partial charge in [0.1, 0.15) is 52.9 Å². The van der Waals surface area contributed by atoms with Crippen LogP contribution in [0.15, 0.2) is 90.2 Å². The molecule has 17 nitrogen and oxygen atoms in total. The number of hydrogen-bond donors (Lipinski definition) is 4. The van der Waals surface area contributed by atoms with Crippen LogP contribution in [-0.4, -0.2) is 85.3 Å². The molecule has 0 bridgehead atoms. The predicted octanol–water partition coefficient (Wildman–Crippen LogP) is 7.62. The summed E-state index contributed by atoms with van der Waals surface area (Å²) in [5, 5.41) is 21.4. The van der Waals surface area contributed by atoms with Crippen molar-refractivity contribution in [2.75, 3.05) is 23.3 Å². The summed E-state index contributed by atoms with van der Waals surface area (Å²) in [5.41, 5.74) is 3.15. The van der Waals surface area contributed by atoms with Gasteiger partial charge in [0.05, 0.1) is 59.3 Å². The molecule has 1 amide bonds. The first-order valence-corrected chi connectivity index (χ1v) is 21.4. The van der Waals surface area contributed by atoms with E-state index in [1.807, 2.05) is 25.3 Å². The van der Waals surface area contributed by atoms with Crippen molar-refractivity contribution in [2.45, 2.75) is 51.0 Å². The van der Waals surface area contributed by atoms with Gasteiger partial charge in [0.15, 0.2) is 16.4 Å². The Kier molecular flexibility index (Phi) is 11.6. The van der Waals surface area contributed by atoms with E-state index in [0.717, 1.165) is 17.1 Å². The number of aryl methyl sites for hydroxylation is 1. The monoisotopic (exact) mass is 951 g/mol. The van der Waals surface area contributed by atoms with Crippen LogP contribution in [0.5, 0.6) is 0 Å². The molecule has 68 heavy (non-hydrogen) atoms. The van der Waals surface area contributed by atoms with Crippen molar-refractivity contribution in [2.24, 2.45) is 0 Å². The number of aromatic amines is 2. The fraction of sp³-hybridized carbons (Fsp3) is 0.227. The molecule has 0 radical (unpaired) electrons. The van der Waals surface area contributed by atoms with Gasteiger partial charge in [-0.2, -0.15) is 23.5 Å². The van der Waals surface area contributed by atoms with Crippen LogP contribution in [0.4, 0.5) is 37.8 Å². The molecule has 1 aliphatic heterocycles. The molecule has 0 aliphatic carbocycles. The molecule has 0 unspecified atom stereocenters. The molecule has 10 rings (SSSR count). The zero-order valence-electron chi connectivity index (χ0n) is 35.8. The summed E-state index contributed by atoms with van der Waals surface area (Å²) >= 11 is 1.39. The number of carbonyl (C=O) groups excluding carboxylic acids is 1. The topological polar surface area (TPSA) is 216 Å². The molecule has 0 saturated carbocycles. The maximum atomic E-state index is 14.9. The number of aromatic nitrogens is 11. The molecule has 0 spiro atoms. The number of thiazole rings is 1. The van der Waals surface area contributed by atoms with Crippen molar-refractivity contribution in [1.82, 2.24) is 59.4 Å². The number of fused-ring (bicyclic) bond motifs is 3. The van der Waals surface area contributed by atoms with Crippen molar-refractivity contribution in [3.63, 3.8) is 0 Å². The van der Waals surface area contributed by atoms with Crippen LogP contribution in [0.1, 0.15) is 48.1 Å². The Labute approximate surface area is 383 Å². The van der Waals surface area contributed by atoms with Gasteiger partial charge < -0.3 is 25.5 Å². The fourth-order valence-corrected chi connectivity index (χ4v) is 8.77. The molecule has 1 saturated heterocycles. The van der Waals surface area contributed by atoms with Crippen LogP contribution in [0.2, 0.25) is 0 Å². The summed E-state index contributed by atoms with van der Waals surface area (Å²) in [4.78, 5) is 59.3. The molecule has 2 aromatic carbocycles. The Balaban J connectivity index is 0.000000174. The lowest BCUT2D eigenvalue weighted by molar-refractivity contribution is -0.149. The third-order valence-electron chi connectivity index (χ3n) is 11.4. The highest BCUT2D eigenvalue weighted by molar-refractivity contribution is 7.15. The number of carbonyl (C=O) groups is 1. The Bertz CT molecular complexity index is 3480. The molecule has 346 valence electrons. The van der Waals surface area contributed by atoms with Gasteiger partial charge in [0.25, 0.3) is 11.5 Å². The molecule has 9 aromatic rings. The molecule has 1 fully saturated rings. The van der Waals surface area contributed by atoms with Gasteiger partial charge in [-0.15, -0.1) is 11.3 Å². The van der Waals surface area contributed by atoms with Gasteiger partial charge in [-0.3, -0.25) is 18.7 Å². The lowest BCUT2D eigenvalue weighted by atomic mass is 9.86. The zero-order chi connectivity index (χ0) is 48.1. The summed E-state index contributed by atoms with van der Waals surface area (Å²) in [5.74, 6) is -3.42. The second kappa shape index (κ2) is 17.5. The van der Waals surface area contributed by atoms with Gasteiger partial charge in [-0.1, -0.05) is 12.1 Å². The quantitative estimate of drug-likeness (QED) is 0.0975. The first-order chi connectivity index (χ1) is 32.5. The van der Waals surface area contributed by atoms with E-state index >= 15 is 0 Å². The van der Waals surface area contributed by atoms with E-state index in [1.165, 1.54) is 41.0 Å². The van der Waals surface area contributed by atoms with E-state index < -0.39 is 52.7 Å². The maximum Gasteiger partial charge on any atom is 0.408 e. The number of nitrogens with one attached hydrogen (secondary N) is 4. The van der Waals surface area contributed by atoms with Crippen molar-refractivity contribution in [3.05, 3.63) is 130 Å². The summed E-state index contributed by atoms with van der Waals surface area (Å²) in [6.45, 7) is 4.61. The van der Waals surface area contributed by atoms with Crippen molar-refractivity contribution in [1.29, 1.82) is 5.26 Å². The number of nitrogens with zero attached hydrogens (tertiary/aromatic N) is 11. The number of halogens is 6. The van der Waals surface area contributed by atoms with Gasteiger partial charge in [0.2, 0.25) is 0 Å². The van der Waals surface area contributed by atoms with Crippen LogP contribution in [-0.2, 0) is 5.54 Å². The van der Waals surface area contributed by atoms with Gasteiger partial charge in [0, 0.05) is 53.6 Å². The largest absolute Gasteiger partial charge is 0.408 e. The van der Waals surface area contributed by atoms with Crippen molar-refractivity contribution < 1.29 is 31.1 Å². The van der Waals surface area contributed by atoms with E-state index in [2.05, 4.69) is 51.4 Å². The molecule has 8 heterocycles. The number of benzene rings is 2. The number of alkyl halides is 3. The Hall–Kier alpha value is -8.20. The van der Waals surface area contributed by atoms with E-state index in [4.69, 9.17) is 4.98 Å². The smallest absolute Gasteiger partial charge is 0.364 e. The van der Waals surface area contributed by atoms with E-state index in [-0.39, 0.29) is 30.8 Å². The Morgan fingerprint density at radius 2 is 1.79 bits per heavy atom. The molecule has 1 aliphatic rings. The number of hydrogen-bond acceptors (Lipinski definition) is 13. The molecule has 24 heteroatoms. The lowest BCUT2D eigenvalue weighted by Crippen LogP contribution is -2.63. The number of nitriles is 1. The van der Waals surface area contributed by atoms with Gasteiger partial charge >= 0.3 is 6.18 Å². The molecule has 7 aromatic heterocycles. The molecule has 2 atom stereocenters. The van der Waals surface area contributed by atoms with Gasteiger partial charge in [-0.25, -0.2) is 43.1 Å². The van der Waals surface area contributed by atoms with E-state index in [1.54, 1.807) is 51.4 Å². The highest BCUT2D eigenvalue weighted by Gasteiger charge is 2.47. The van der Waals surface area contributed by atoms with Crippen molar-refractivity contribution >= 4 is 55.9 Å². The van der Waals surface area contributed by atoms with Crippen LogP contribution in [0.3, 0.4) is 0 Å². The minimum atomic E-state index is -4.74. The summed E-state index contributed by atoms with van der Waals surface area (Å²) in [6.07, 6.45) is 4.69. The predicted molar refractivity (Wildman–Crippen MR) is 238 cm³/mol. The number of anilines is 2. The standard InChI is InChI=1S/C24H19F5N8O.C20H16FN7OS/c1-13(24(27,28)29)35-22(38)16-6-18(26)19(7-17(16)25)36-10-23(11-36,3-4-30)37-9-14(8-34-37)20-15-2-5-31-21(15)33-12-32-20;1-10-7-30-20-27-15(11(2)26-18-16-17(23-8-22-16)24-9-25-18)14(19(29)28(10)20)12-4-3-5-13(21)6-12/h2,5-9,12-13H,3,10-11H2,1H3,(H,35,38)(H,31,32,33);3-9,11H,1-2H3,(H2,22,23,24,25,26)/t13-;11-/m00/s1. The maximum absolute atomic E-state index is 14.9. The van der Waals surface area contributed by atoms with Crippen LogP contribution in [0, 0.1) is 35.7 Å². The highest BCUT2D eigenvalue weighted by Crippen LogP contribution is 2.39. The van der Waals surface area contributed by atoms with Crippen LogP contribution < -0.4 is 21.1 Å². The van der Waals surface area contributed by atoms with Crippen molar-refractivity contribution in [3.8, 4) is 28.5 Å².